The minimum absolute atomic E-state index is 0.512. The molecule has 9 heteroatoms. The smallest absolute Gasteiger partial charge is 0.293 e. The molecule has 0 bridgehead atoms. The van der Waals surface area contributed by atoms with E-state index in [1.165, 1.54) is 18.6 Å². The van der Waals surface area contributed by atoms with Gasteiger partial charge in [0.1, 0.15) is 12.0 Å². The van der Waals surface area contributed by atoms with Crippen molar-refractivity contribution in [3.05, 3.63) is 65.8 Å². The fourth-order valence-electron chi connectivity index (χ4n) is 2.99. The summed E-state index contributed by atoms with van der Waals surface area (Å²) in [5.74, 6) is 0.562. The van der Waals surface area contributed by atoms with Crippen molar-refractivity contribution in [2.45, 2.75) is 25.7 Å². The normalized spacial score (nSPS) is 14.8. The maximum atomic E-state index is 12.6. The highest BCUT2D eigenvalue weighted by Crippen LogP contribution is 2.27. The van der Waals surface area contributed by atoms with Crippen LogP contribution in [0.4, 0.5) is 13.2 Å². The largest absolute Gasteiger partial charge is 0.433 e. The van der Waals surface area contributed by atoms with Crippen LogP contribution in [0.3, 0.4) is 0 Å². The van der Waals surface area contributed by atoms with Crippen LogP contribution in [0.1, 0.15) is 22.5 Å². The summed E-state index contributed by atoms with van der Waals surface area (Å²) in [5.41, 5.74) is 2.59. The number of aromatic nitrogens is 5. The second-order valence-electron chi connectivity index (χ2n) is 6.30. The third-order valence-corrected chi connectivity index (χ3v) is 4.37. The Kier molecular flexibility index (Phi) is 4.53. The van der Waals surface area contributed by atoms with Crippen molar-refractivity contribution in [1.29, 1.82) is 0 Å². The first-order valence-corrected chi connectivity index (χ1v) is 8.34. The predicted octanol–water partition coefficient (Wildman–Crippen LogP) is 2.91. The van der Waals surface area contributed by atoms with E-state index in [0.29, 0.717) is 18.9 Å². The SMILES string of the molecule is FC(F)(F)c1ccc(CN2CCc3cnc(-c4cncnc4)nc3C2)cn1. The van der Waals surface area contributed by atoms with E-state index in [0.717, 1.165) is 41.4 Å². The molecule has 27 heavy (non-hydrogen) atoms. The summed E-state index contributed by atoms with van der Waals surface area (Å²) in [4.78, 5) is 22.6. The Bertz CT molecular complexity index is 928. The van der Waals surface area contributed by atoms with Gasteiger partial charge >= 0.3 is 6.18 Å². The zero-order chi connectivity index (χ0) is 18.9. The molecule has 1 aliphatic rings. The molecule has 0 radical (unpaired) electrons. The fourth-order valence-corrected chi connectivity index (χ4v) is 2.99. The molecular formula is C18H15F3N6. The minimum Gasteiger partial charge on any atom is -0.293 e. The first-order chi connectivity index (χ1) is 13.0. The predicted molar refractivity (Wildman–Crippen MR) is 90.1 cm³/mol. The van der Waals surface area contributed by atoms with Crippen LogP contribution in [-0.4, -0.2) is 36.4 Å². The summed E-state index contributed by atoms with van der Waals surface area (Å²) in [6, 6.07) is 2.49. The van der Waals surface area contributed by atoms with Crippen molar-refractivity contribution in [3.8, 4) is 11.4 Å². The van der Waals surface area contributed by atoms with Crippen molar-refractivity contribution < 1.29 is 13.2 Å². The number of alkyl halides is 3. The molecule has 0 aliphatic carbocycles. The van der Waals surface area contributed by atoms with Gasteiger partial charge in [-0.15, -0.1) is 0 Å². The molecule has 0 atom stereocenters. The van der Waals surface area contributed by atoms with Crippen LogP contribution < -0.4 is 0 Å². The third-order valence-electron chi connectivity index (χ3n) is 4.37. The Labute approximate surface area is 153 Å². The van der Waals surface area contributed by atoms with Crippen molar-refractivity contribution >= 4 is 0 Å². The minimum atomic E-state index is -4.42. The molecule has 1 aliphatic heterocycles. The van der Waals surface area contributed by atoms with Crippen LogP contribution in [0, 0.1) is 0 Å². The summed E-state index contributed by atoms with van der Waals surface area (Å²) in [6.45, 7) is 1.89. The Morgan fingerprint density at radius 3 is 2.52 bits per heavy atom. The van der Waals surface area contributed by atoms with Crippen LogP contribution in [0.15, 0.2) is 43.2 Å². The first-order valence-electron chi connectivity index (χ1n) is 8.34. The maximum absolute atomic E-state index is 12.6. The van der Waals surface area contributed by atoms with Crippen molar-refractivity contribution in [1.82, 2.24) is 29.8 Å². The average molecular weight is 372 g/mol. The molecule has 138 valence electrons. The molecule has 0 fully saturated rings. The van der Waals surface area contributed by atoms with Gasteiger partial charge in [0.2, 0.25) is 0 Å². The number of pyridine rings is 1. The molecule has 0 unspecified atom stereocenters. The van der Waals surface area contributed by atoms with Gasteiger partial charge in [0.05, 0.1) is 11.3 Å². The number of fused-ring (bicyclic) bond motifs is 1. The Balaban J connectivity index is 1.49. The summed E-state index contributed by atoms with van der Waals surface area (Å²) >= 11 is 0. The van der Waals surface area contributed by atoms with Crippen LogP contribution in [0.2, 0.25) is 0 Å². The van der Waals surface area contributed by atoms with Gasteiger partial charge in [-0.05, 0) is 23.6 Å². The van der Waals surface area contributed by atoms with Crippen LogP contribution >= 0.6 is 0 Å². The topological polar surface area (TPSA) is 67.7 Å². The molecule has 0 N–H and O–H groups in total. The highest BCUT2D eigenvalue weighted by molar-refractivity contribution is 5.52. The number of nitrogens with zero attached hydrogens (tertiary/aromatic N) is 6. The quantitative estimate of drug-likeness (QED) is 0.704. The lowest BCUT2D eigenvalue weighted by atomic mass is 10.1. The van der Waals surface area contributed by atoms with Crippen molar-refractivity contribution in [2.75, 3.05) is 6.54 Å². The standard InChI is InChI=1S/C18H15F3N6/c19-18(20,21)16-2-1-12(5-24-16)9-27-4-3-13-8-25-17(26-15(13)10-27)14-6-22-11-23-7-14/h1-2,5-8,11H,3-4,9-10H2. The summed E-state index contributed by atoms with van der Waals surface area (Å²) < 4.78 is 37.9. The molecule has 0 aromatic carbocycles. The van der Waals surface area contributed by atoms with E-state index in [1.54, 1.807) is 12.4 Å². The molecule has 0 amide bonds. The zero-order valence-electron chi connectivity index (χ0n) is 14.2. The highest BCUT2D eigenvalue weighted by Gasteiger charge is 2.32. The van der Waals surface area contributed by atoms with Crippen molar-refractivity contribution in [2.24, 2.45) is 0 Å². The number of hydrogen-bond donors (Lipinski definition) is 0. The number of halogens is 3. The van der Waals surface area contributed by atoms with E-state index in [4.69, 9.17) is 0 Å². The summed E-state index contributed by atoms with van der Waals surface area (Å²) in [5, 5.41) is 0. The van der Waals surface area contributed by atoms with E-state index < -0.39 is 11.9 Å². The number of hydrogen-bond acceptors (Lipinski definition) is 6. The van der Waals surface area contributed by atoms with Crippen LogP contribution in [-0.2, 0) is 25.7 Å². The van der Waals surface area contributed by atoms with Gasteiger partial charge in [-0.2, -0.15) is 13.2 Å². The van der Waals surface area contributed by atoms with Gasteiger partial charge in [-0.3, -0.25) is 9.88 Å². The van der Waals surface area contributed by atoms with E-state index in [2.05, 4.69) is 29.8 Å². The van der Waals surface area contributed by atoms with Gasteiger partial charge in [-0.1, -0.05) is 6.07 Å². The molecule has 3 aromatic heterocycles. The third kappa shape index (κ3) is 3.92. The molecule has 4 heterocycles. The Hall–Kier alpha value is -2.94. The second kappa shape index (κ2) is 6.99. The lowest BCUT2D eigenvalue weighted by Gasteiger charge is -2.28. The average Bonchev–Trinajstić information content (AvgIpc) is 2.68. The molecule has 0 saturated heterocycles. The molecule has 0 spiro atoms. The van der Waals surface area contributed by atoms with Crippen LogP contribution in [0.5, 0.6) is 0 Å². The molecular weight excluding hydrogens is 357 g/mol. The molecule has 0 saturated carbocycles. The lowest BCUT2D eigenvalue weighted by Crippen LogP contribution is -2.31. The summed E-state index contributed by atoms with van der Waals surface area (Å²) in [6.07, 6.45) is 4.23. The summed E-state index contributed by atoms with van der Waals surface area (Å²) in [7, 11) is 0. The van der Waals surface area contributed by atoms with E-state index in [-0.39, 0.29) is 0 Å². The maximum Gasteiger partial charge on any atom is 0.433 e. The monoisotopic (exact) mass is 372 g/mol. The second-order valence-corrected chi connectivity index (χ2v) is 6.30. The molecule has 3 aromatic rings. The fraction of sp³-hybridized carbons (Fsp3) is 0.278. The van der Waals surface area contributed by atoms with Gasteiger partial charge in [0, 0.05) is 44.4 Å². The van der Waals surface area contributed by atoms with E-state index in [9.17, 15) is 13.2 Å². The van der Waals surface area contributed by atoms with Crippen LogP contribution in [0.25, 0.3) is 11.4 Å². The van der Waals surface area contributed by atoms with Crippen molar-refractivity contribution in [3.63, 3.8) is 0 Å². The molecule has 4 rings (SSSR count). The van der Waals surface area contributed by atoms with Gasteiger partial charge in [-0.25, -0.2) is 19.9 Å². The zero-order valence-corrected chi connectivity index (χ0v) is 14.2. The molecule has 6 nitrogen and oxygen atoms in total. The number of rotatable bonds is 3. The van der Waals surface area contributed by atoms with Gasteiger partial charge in [0.25, 0.3) is 0 Å². The highest BCUT2D eigenvalue weighted by atomic mass is 19.4. The van der Waals surface area contributed by atoms with E-state index in [1.807, 2.05) is 6.20 Å². The first kappa shape index (κ1) is 17.5. The Morgan fingerprint density at radius 2 is 1.81 bits per heavy atom. The van der Waals surface area contributed by atoms with Gasteiger partial charge < -0.3 is 0 Å². The lowest BCUT2D eigenvalue weighted by molar-refractivity contribution is -0.141. The Morgan fingerprint density at radius 1 is 1.00 bits per heavy atom. The van der Waals surface area contributed by atoms with E-state index >= 15 is 0 Å². The van der Waals surface area contributed by atoms with Gasteiger partial charge in [0.15, 0.2) is 5.82 Å².